The number of benzene rings is 1. The molecule has 3 rings (SSSR count). The second-order valence-corrected chi connectivity index (χ2v) is 10.2. The summed E-state index contributed by atoms with van der Waals surface area (Å²) >= 11 is 12.1. The fraction of sp³-hybridized carbons (Fsp3) is 0.478. The summed E-state index contributed by atoms with van der Waals surface area (Å²) in [5.41, 5.74) is -0.562. The monoisotopic (exact) mass is 495 g/mol. The van der Waals surface area contributed by atoms with Gasteiger partial charge in [-0.3, -0.25) is 9.59 Å². The number of carbonyl (C=O) groups excluding carboxylic acids is 1. The van der Waals surface area contributed by atoms with Gasteiger partial charge in [-0.2, -0.15) is 0 Å². The number of nitrogens with one attached hydrogen (secondary N) is 1. The number of carboxylic acids is 2. The van der Waals surface area contributed by atoms with Crippen molar-refractivity contribution in [2.24, 2.45) is 16.7 Å². The normalized spacial score (nSPS) is 22.6. The smallest absolute Gasteiger partial charge is 0.326 e. The summed E-state index contributed by atoms with van der Waals surface area (Å²) in [6.07, 6.45) is 3.99. The quantitative estimate of drug-likeness (QED) is 0.510. The van der Waals surface area contributed by atoms with E-state index in [1.807, 2.05) is 0 Å². The first-order valence-electron chi connectivity index (χ1n) is 10.6. The number of nitrogens with zero attached hydrogens (tertiary/aromatic N) is 2. The standard InChI is InChI=1S/C23H27Cl2N3O5/c1-22(2)16(6-7-23(22,3)21(32)33)19(29)27-18(20(30)31)9-15-11-28(12-26-15)10-13-4-5-14(24)8-17(13)25/h4-5,8,11-12,16,18H,6-7,9-10H2,1-3H3,(H,27,29)(H,30,31)(H,32,33)/t16-,18+,23+/m1/s1. The molecule has 3 atom stereocenters. The van der Waals surface area contributed by atoms with Crippen LogP contribution in [0.3, 0.4) is 0 Å². The SMILES string of the molecule is CC1(C)[C@@H](C(=O)N[C@@H](Cc2cn(Cc3ccc(Cl)cc3Cl)cn2)C(=O)O)CC[C@@]1(C)C(=O)O. The summed E-state index contributed by atoms with van der Waals surface area (Å²) in [7, 11) is 0. The largest absolute Gasteiger partial charge is 0.481 e. The van der Waals surface area contributed by atoms with E-state index in [4.69, 9.17) is 23.2 Å². The number of imidazole rings is 1. The first-order chi connectivity index (χ1) is 15.3. The number of aliphatic carboxylic acids is 2. The minimum atomic E-state index is -1.19. The molecule has 1 heterocycles. The van der Waals surface area contributed by atoms with Crippen molar-refractivity contribution in [3.63, 3.8) is 0 Å². The second-order valence-electron chi connectivity index (χ2n) is 9.33. The van der Waals surface area contributed by atoms with Crippen molar-refractivity contribution in [3.8, 4) is 0 Å². The molecule has 3 N–H and O–H groups in total. The molecule has 1 fully saturated rings. The highest BCUT2D eigenvalue weighted by Gasteiger charge is 2.58. The molecule has 1 amide bonds. The molecular weight excluding hydrogens is 469 g/mol. The zero-order chi connectivity index (χ0) is 24.6. The second kappa shape index (κ2) is 9.35. The Labute approximate surface area is 201 Å². The number of carbonyl (C=O) groups is 3. The fourth-order valence-electron chi connectivity index (χ4n) is 4.47. The zero-order valence-electron chi connectivity index (χ0n) is 18.6. The predicted molar refractivity (Wildman–Crippen MR) is 123 cm³/mol. The van der Waals surface area contributed by atoms with Gasteiger partial charge in [-0.25, -0.2) is 9.78 Å². The summed E-state index contributed by atoms with van der Waals surface area (Å²) in [5, 5.41) is 23.0. The van der Waals surface area contributed by atoms with Gasteiger partial charge in [0, 0.05) is 35.1 Å². The molecular formula is C23H27Cl2N3O5. The highest BCUT2D eigenvalue weighted by Crippen LogP contribution is 2.56. The molecule has 0 radical (unpaired) electrons. The van der Waals surface area contributed by atoms with Crippen LogP contribution in [-0.2, 0) is 27.3 Å². The van der Waals surface area contributed by atoms with Crippen molar-refractivity contribution in [1.82, 2.24) is 14.9 Å². The Balaban J connectivity index is 1.69. The van der Waals surface area contributed by atoms with E-state index >= 15 is 0 Å². The fourth-order valence-corrected chi connectivity index (χ4v) is 4.94. The van der Waals surface area contributed by atoms with Crippen LogP contribution in [0.1, 0.15) is 44.9 Å². The van der Waals surface area contributed by atoms with Crippen molar-refractivity contribution in [3.05, 3.63) is 52.0 Å². The molecule has 0 unspecified atom stereocenters. The molecule has 0 bridgehead atoms. The molecule has 1 aromatic heterocycles. The molecule has 1 saturated carbocycles. The van der Waals surface area contributed by atoms with Gasteiger partial charge in [0.1, 0.15) is 6.04 Å². The lowest BCUT2D eigenvalue weighted by molar-refractivity contribution is -0.155. The van der Waals surface area contributed by atoms with Crippen LogP contribution in [0, 0.1) is 16.7 Å². The van der Waals surface area contributed by atoms with Crippen molar-refractivity contribution < 1.29 is 24.6 Å². The maximum atomic E-state index is 13.0. The molecule has 1 aromatic carbocycles. The molecule has 33 heavy (non-hydrogen) atoms. The van der Waals surface area contributed by atoms with Crippen LogP contribution in [0.15, 0.2) is 30.7 Å². The Morgan fingerprint density at radius 2 is 1.94 bits per heavy atom. The third-order valence-corrected chi connectivity index (χ3v) is 7.68. The number of aromatic nitrogens is 2. The van der Waals surface area contributed by atoms with Crippen LogP contribution in [0.5, 0.6) is 0 Å². The van der Waals surface area contributed by atoms with Gasteiger partial charge in [0.05, 0.1) is 17.4 Å². The van der Waals surface area contributed by atoms with Gasteiger partial charge in [0.25, 0.3) is 0 Å². The van der Waals surface area contributed by atoms with Crippen LogP contribution in [0.4, 0.5) is 0 Å². The van der Waals surface area contributed by atoms with Crippen LogP contribution in [-0.4, -0.2) is 43.7 Å². The highest BCUT2D eigenvalue weighted by atomic mass is 35.5. The maximum absolute atomic E-state index is 13.0. The molecule has 0 aliphatic heterocycles. The average Bonchev–Trinajstić information content (AvgIpc) is 3.25. The molecule has 0 spiro atoms. The van der Waals surface area contributed by atoms with Crippen LogP contribution in [0.2, 0.25) is 10.0 Å². The van der Waals surface area contributed by atoms with Gasteiger partial charge >= 0.3 is 11.9 Å². The van der Waals surface area contributed by atoms with Gasteiger partial charge in [-0.15, -0.1) is 0 Å². The lowest BCUT2D eigenvalue weighted by Gasteiger charge is -2.38. The van der Waals surface area contributed by atoms with Crippen molar-refractivity contribution in [1.29, 1.82) is 0 Å². The Morgan fingerprint density at radius 1 is 1.24 bits per heavy atom. The number of hydrogen-bond donors (Lipinski definition) is 3. The Morgan fingerprint density at radius 3 is 2.52 bits per heavy atom. The molecule has 0 saturated heterocycles. The Bertz CT molecular complexity index is 1080. The molecule has 10 heteroatoms. The molecule has 8 nitrogen and oxygen atoms in total. The zero-order valence-corrected chi connectivity index (χ0v) is 20.2. The van der Waals surface area contributed by atoms with E-state index in [0.29, 0.717) is 35.1 Å². The Kier molecular flexibility index (Phi) is 7.10. The van der Waals surface area contributed by atoms with Crippen LogP contribution >= 0.6 is 23.2 Å². The van der Waals surface area contributed by atoms with E-state index in [2.05, 4.69) is 10.3 Å². The highest BCUT2D eigenvalue weighted by molar-refractivity contribution is 6.35. The summed E-state index contributed by atoms with van der Waals surface area (Å²) in [5.74, 6) is -3.20. The van der Waals surface area contributed by atoms with Gasteiger partial charge in [0.15, 0.2) is 0 Å². The number of carboxylic acid groups (broad SMARTS) is 2. The van der Waals surface area contributed by atoms with E-state index in [-0.39, 0.29) is 6.42 Å². The summed E-state index contributed by atoms with van der Waals surface area (Å²) in [6.45, 7) is 5.56. The number of halogens is 2. The third-order valence-electron chi connectivity index (χ3n) is 7.10. The van der Waals surface area contributed by atoms with E-state index in [9.17, 15) is 24.6 Å². The topological polar surface area (TPSA) is 122 Å². The van der Waals surface area contributed by atoms with Crippen LogP contribution < -0.4 is 5.32 Å². The van der Waals surface area contributed by atoms with Crippen LogP contribution in [0.25, 0.3) is 0 Å². The molecule has 178 valence electrons. The van der Waals surface area contributed by atoms with Gasteiger partial charge in [-0.1, -0.05) is 43.1 Å². The van der Waals surface area contributed by atoms with Crippen molar-refractivity contribution in [2.75, 3.05) is 0 Å². The molecule has 1 aliphatic carbocycles. The number of rotatable bonds is 8. The van der Waals surface area contributed by atoms with E-state index in [1.54, 1.807) is 56.1 Å². The van der Waals surface area contributed by atoms with E-state index < -0.39 is 40.6 Å². The lowest BCUT2D eigenvalue weighted by atomic mass is 9.65. The first kappa shape index (κ1) is 25.1. The molecule has 2 aromatic rings. The van der Waals surface area contributed by atoms with E-state index in [1.165, 1.54) is 0 Å². The van der Waals surface area contributed by atoms with Crippen molar-refractivity contribution in [2.45, 2.75) is 52.6 Å². The lowest BCUT2D eigenvalue weighted by Crippen LogP contribution is -2.49. The van der Waals surface area contributed by atoms with Gasteiger partial charge in [0.2, 0.25) is 5.91 Å². The minimum Gasteiger partial charge on any atom is -0.481 e. The third kappa shape index (κ3) is 5.01. The predicted octanol–water partition coefficient (Wildman–Crippen LogP) is 3.88. The summed E-state index contributed by atoms with van der Waals surface area (Å²) in [6, 6.07) is 3.99. The summed E-state index contributed by atoms with van der Waals surface area (Å²) in [4.78, 5) is 40.9. The average molecular weight is 496 g/mol. The number of hydrogen-bond acceptors (Lipinski definition) is 4. The van der Waals surface area contributed by atoms with Gasteiger partial charge < -0.3 is 20.1 Å². The first-order valence-corrected chi connectivity index (χ1v) is 11.3. The van der Waals surface area contributed by atoms with Crippen molar-refractivity contribution >= 4 is 41.0 Å². The maximum Gasteiger partial charge on any atom is 0.326 e. The molecule has 1 aliphatic rings. The Hall–Kier alpha value is -2.58. The van der Waals surface area contributed by atoms with Gasteiger partial charge in [-0.05, 0) is 42.9 Å². The summed E-state index contributed by atoms with van der Waals surface area (Å²) < 4.78 is 1.77. The van der Waals surface area contributed by atoms with E-state index in [0.717, 1.165) is 5.56 Å². The number of amides is 1. The minimum absolute atomic E-state index is 0.00816.